The van der Waals surface area contributed by atoms with Crippen LogP contribution in [0.5, 0.6) is 0 Å². The zero-order chi connectivity index (χ0) is 11.7. The van der Waals surface area contributed by atoms with Gasteiger partial charge in [-0.2, -0.15) is 0 Å². The third-order valence-corrected chi connectivity index (χ3v) is 0. The maximum atomic E-state index is 8.89. The largest absolute Gasteiger partial charge is 2.00 e. The summed E-state index contributed by atoms with van der Waals surface area (Å²) in [5.74, 6) is -2.17. The quantitative estimate of drug-likeness (QED) is 0.245. The third-order valence-electron chi connectivity index (χ3n) is 0. The number of carboxylic acid groups (broad SMARTS) is 2. The van der Waals surface area contributed by atoms with Gasteiger partial charge in [0, 0.05) is 22.3 Å². The summed E-state index contributed by atoms with van der Waals surface area (Å²) < 4.78 is 34.1. The summed E-state index contributed by atoms with van der Waals surface area (Å²) in [4.78, 5) is 17.8. The molecule has 0 amide bonds. The molecule has 0 saturated heterocycles. The molecule has 0 saturated carbocycles. The molecule has 11 heteroatoms. The first kappa shape index (κ1) is 29.9. The number of carbonyl (C=O) groups is 2. The molecule has 0 spiro atoms. The van der Waals surface area contributed by atoms with Gasteiger partial charge in [0.15, 0.2) is 0 Å². The van der Waals surface area contributed by atoms with E-state index in [1.54, 1.807) is 0 Å². The van der Waals surface area contributed by atoms with E-state index in [-0.39, 0.29) is 75.5 Å². The number of carbonyl (C=O) groups excluding carboxylic acids is 2. The van der Waals surface area contributed by atoms with E-state index in [1.165, 1.54) is 0 Å². The van der Waals surface area contributed by atoms with Gasteiger partial charge in [0.25, 0.3) is 0 Å². The van der Waals surface area contributed by atoms with Crippen molar-refractivity contribution in [2.24, 2.45) is 0 Å². The maximum absolute atomic E-state index is 8.89. The normalized spacial score (nSPS) is 7.20. The predicted octanol–water partition coefficient (Wildman–Crippen LogP) is -4.59. The first-order valence-electron chi connectivity index (χ1n) is 2.48. The Morgan fingerprint density at radius 2 is 0.867 bits per heavy atom. The number of hydrogen-bond donors (Lipinski definition) is 0. The van der Waals surface area contributed by atoms with Gasteiger partial charge in [-0.05, 0) is 13.8 Å². The average Bonchev–Trinajstić information content (AvgIpc) is 1.50. The van der Waals surface area contributed by atoms with Crippen molar-refractivity contribution >= 4 is 97.8 Å². The van der Waals surface area contributed by atoms with E-state index in [0.717, 1.165) is 13.8 Å². The van der Waals surface area contributed by atoms with Crippen molar-refractivity contribution in [2.75, 3.05) is 0 Å². The zero-order valence-corrected chi connectivity index (χ0v) is 13.3. The van der Waals surface area contributed by atoms with Crippen LogP contribution in [-0.2, 0) is 20.0 Å². The summed E-state index contributed by atoms with van der Waals surface area (Å²) in [7, 11) is -5.17. The summed E-state index contributed by atoms with van der Waals surface area (Å²) in [5, 5.41) is 17.8. The smallest absolute Gasteiger partial charge is 0.759 e. The Bertz CT molecular complexity index is 219. The van der Waals surface area contributed by atoms with Crippen molar-refractivity contribution in [3.8, 4) is 0 Å². The van der Waals surface area contributed by atoms with Crippen LogP contribution < -0.4 is 10.2 Å². The third kappa shape index (κ3) is 1540. The minimum atomic E-state index is -5.17. The summed E-state index contributed by atoms with van der Waals surface area (Å²) >= 11 is 0. The monoisotopic (exact) mass is 294 g/mol. The second kappa shape index (κ2) is 17.7. The molecule has 0 radical (unpaired) electrons. The molecule has 0 aromatic rings. The van der Waals surface area contributed by atoms with Gasteiger partial charge in [-0.15, -0.1) is 0 Å². The number of rotatable bonds is 0. The molecule has 0 unspecified atom stereocenters. The van der Waals surface area contributed by atoms with E-state index in [4.69, 9.17) is 37.3 Å². The molecular formula is C4H6Ca2O8S. The fourth-order valence-electron chi connectivity index (χ4n) is 0. The predicted molar refractivity (Wildman–Crippen MR) is 43.3 cm³/mol. The van der Waals surface area contributed by atoms with Crippen molar-refractivity contribution in [2.45, 2.75) is 13.8 Å². The molecule has 0 N–H and O–H groups in total. The zero-order valence-electron chi connectivity index (χ0n) is 8.09. The SMILES string of the molecule is CC(=O)[O-].CC(=O)[O-].O=S(=O)([O-])[O-].[Ca+2].[Ca+2]. The molecule has 0 rings (SSSR count). The summed E-state index contributed by atoms with van der Waals surface area (Å²) in [5.41, 5.74) is 0. The van der Waals surface area contributed by atoms with E-state index in [2.05, 4.69) is 0 Å². The van der Waals surface area contributed by atoms with Crippen LogP contribution in [0.25, 0.3) is 0 Å². The van der Waals surface area contributed by atoms with Gasteiger partial charge in [0.2, 0.25) is 0 Å². The topological polar surface area (TPSA) is 161 Å². The number of aliphatic carboxylic acids is 2. The van der Waals surface area contributed by atoms with Crippen LogP contribution in [-0.4, -0.2) is 105 Å². The molecule has 0 aromatic carbocycles. The molecule has 0 aliphatic carbocycles. The van der Waals surface area contributed by atoms with Gasteiger partial charge in [-0.25, -0.2) is 0 Å². The molecular weight excluding hydrogens is 288 g/mol. The van der Waals surface area contributed by atoms with Crippen LogP contribution in [0.1, 0.15) is 13.8 Å². The van der Waals surface area contributed by atoms with Gasteiger partial charge < -0.3 is 28.9 Å². The van der Waals surface area contributed by atoms with Gasteiger partial charge in [-0.3, -0.25) is 8.42 Å². The van der Waals surface area contributed by atoms with Crippen LogP contribution in [0.3, 0.4) is 0 Å². The van der Waals surface area contributed by atoms with E-state index in [9.17, 15) is 0 Å². The van der Waals surface area contributed by atoms with Gasteiger partial charge in [0.1, 0.15) is 0 Å². The Labute approximate surface area is 147 Å². The van der Waals surface area contributed by atoms with Crippen molar-refractivity contribution in [1.82, 2.24) is 0 Å². The molecule has 0 aliphatic heterocycles. The van der Waals surface area contributed by atoms with Crippen LogP contribution in [0.15, 0.2) is 0 Å². The standard InChI is InChI=1S/2C2H4O2.2Ca.H2O4S/c2*1-2(3)4;;;1-5(2,3)4/h2*1H3,(H,3,4);;;(H2,1,2,3,4)/q;;2*+2;/p-4. The number of hydrogen-bond acceptors (Lipinski definition) is 8. The Balaban J connectivity index is -0.0000000315. The Morgan fingerprint density at radius 1 is 0.867 bits per heavy atom. The minimum absolute atomic E-state index is 0. The molecule has 80 valence electrons. The van der Waals surface area contributed by atoms with E-state index in [0.29, 0.717) is 0 Å². The van der Waals surface area contributed by atoms with Gasteiger partial charge in [-0.1, -0.05) is 0 Å². The molecule has 0 aromatic heterocycles. The molecule has 0 heterocycles. The molecule has 8 nitrogen and oxygen atoms in total. The Kier molecular flexibility index (Phi) is 35.3. The molecule has 15 heavy (non-hydrogen) atoms. The number of carboxylic acids is 2. The van der Waals surface area contributed by atoms with Crippen LogP contribution in [0, 0.1) is 0 Å². The van der Waals surface area contributed by atoms with Gasteiger partial charge >= 0.3 is 75.5 Å². The maximum Gasteiger partial charge on any atom is 2.00 e. The van der Waals surface area contributed by atoms with Crippen molar-refractivity contribution in [1.29, 1.82) is 0 Å². The second-order valence-electron chi connectivity index (χ2n) is 1.39. The molecule has 0 bridgehead atoms. The van der Waals surface area contributed by atoms with Crippen molar-refractivity contribution in [3.63, 3.8) is 0 Å². The van der Waals surface area contributed by atoms with E-state index in [1.807, 2.05) is 0 Å². The molecule has 0 aliphatic rings. The fourth-order valence-corrected chi connectivity index (χ4v) is 0. The van der Waals surface area contributed by atoms with Crippen LogP contribution in [0.2, 0.25) is 0 Å². The van der Waals surface area contributed by atoms with E-state index >= 15 is 0 Å². The Morgan fingerprint density at radius 3 is 0.867 bits per heavy atom. The first-order chi connectivity index (χ1) is 5.46. The van der Waals surface area contributed by atoms with Gasteiger partial charge in [0.05, 0.1) is 0 Å². The second-order valence-corrected chi connectivity index (χ2v) is 2.21. The Hall–Kier alpha value is 1.33. The molecule has 0 fully saturated rings. The summed E-state index contributed by atoms with van der Waals surface area (Å²) in [6.45, 7) is 1.94. The van der Waals surface area contributed by atoms with E-state index < -0.39 is 22.3 Å². The summed E-state index contributed by atoms with van der Waals surface area (Å²) in [6.07, 6.45) is 0. The summed E-state index contributed by atoms with van der Waals surface area (Å²) in [6, 6.07) is 0. The van der Waals surface area contributed by atoms with Crippen molar-refractivity contribution in [3.05, 3.63) is 0 Å². The fraction of sp³-hybridized carbons (Fsp3) is 0.500. The van der Waals surface area contributed by atoms with Crippen LogP contribution in [0.4, 0.5) is 0 Å². The first-order valence-corrected chi connectivity index (χ1v) is 3.82. The average molecular weight is 294 g/mol. The molecule has 0 atom stereocenters. The van der Waals surface area contributed by atoms with Crippen LogP contribution >= 0.6 is 0 Å². The van der Waals surface area contributed by atoms with Crippen molar-refractivity contribution < 1.29 is 37.3 Å². The minimum Gasteiger partial charge on any atom is -0.759 e.